The molecule has 1 amide bonds. The summed E-state index contributed by atoms with van der Waals surface area (Å²) in [6.07, 6.45) is 2.34. The number of nitrogens with zero attached hydrogens (tertiary/aromatic N) is 2. The molecule has 1 atom stereocenters. The number of carbonyl (C=O) groups excluding carboxylic acids is 1. The summed E-state index contributed by atoms with van der Waals surface area (Å²) in [7, 11) is 0. The van der Waals surface area contributed by atoms with Gasteiger partial charge in [-0.1, -0.05) is 29.8 Å². The van der Waals surface area contributed by atoms with E-state index in [2.05, 4.69) is 15.3 Å². The second-order valence-electron chi connectivity index (χ2n) is 6.17. The van der Waals surface area contributed by atoms with Crippen LogP contribution < -0.4 is 15.8 Å². The number of benzene rings is 1. The Bertz CT molecular complexity index is 858. The number of hydrogen-bond donors (Lipinski definition) is 2. The van der Waals surface area contributed by atoms with Crippen molar-refractivity contribution in [3.63, 3.8) is 0 Å². The van der Waals surface area contributed by atoms with Crippen LogP contribution >= 0.6 is 11.6 Å². The highest BCUT2D eigenvalue weighted by molar-refractivity contribution is 6.31. The van der Waals surface area contributed by atoms with Gasteiger partial charge >= 0.3 is 0 Å². The summed E-state index contributed by atoms with van der Waals surface area (Å²) in [4.78, 5) is 34.3. The maximum absolute atomic E-state index is 12.7. The fourth-order valence-corrected chi connectivity index (χ4v) is 3.73. The number of anilines is 2. The SMILES string of the molecule is O=C1CC(c2ccccc2Cl)c2c(nc(N3CCCC3)[nH]c2=O)N1. The number of rotatable bonds is 2. The van der Waals surface area contributed by atoms with Gasteiger partial charge in [0.25, 0.3) is 5.56 Å². The Hall–Kier alpha value is -2.34. The maximum atomic E-state index is 12.7. The van der Waals surface area contributed by atoms with Crippen LogP contribution in [0, 0.1) is 0 Å². The number of halogens is 1. The highest BCUT2D eigenvalue weighted by Gasteiger charge is 2.32. The standard InChI is InChI=1S/C17H17ClN4O2/c18-12-6-2-1-5-10(12)11-9-13(23)19-15-14(11)16(24)21-17(20-15)22-7-3-4-8-22/h1-2,5-6,11H,3-4,7-9H2,(H2,19,20,21,23,24). The molecule has 3 heterocycles. The number of nitrogens with one attached hydrogen (secondary N) is 2. The number of H-pyrrole nitrogens is 1. The predicted molar refractivity (Wildman–Crippen MR) is 92.8 cm³/mol. The van der Waals surface area contributed by atoms with Gasteiger partial charge in [-0.3, -0.25) is 14.6 Å². The molecular formula is C17H17ClN4O2. The minimum Gasteiger partial charge on any atom is -0.342 e. The largest absolute Gasteiger partial charge is 0.342 e. The van der Waals surface area contributed by atoms with Crippen molar-refractivity contribution in [1.82, 2.24) is 9.97 Å². The van der Waals surface area contributed by atoms with Crippen molar-refractivity contribution in [2.45, 2.75) is 25.2 Å². The van der Waals surface area contributed by atoms with Gasteiger partial charge in [-0.15, -0.1) is 0 Å². The monoisotopic (exact) mass is 344 g/mol. The third-order valence-corrected chi connectivity index (χ3v) is 4.97. The Morgan fingerprint density at radius 1 is 1.17 bits per heavy atom. The van der Waals surface area contributed by atoms with Gasteiger partial charge in [-0.2, -0.15) is 4.98 Å². The lowest BCUT2D eigenvalue weighted by Crippen LogP contribution is -2.33. The molecule has 1 saturated heterocycles. The van der Waals surface area contributed by atoms with E-state index < -0.39 is 0 Å². The number of carbonyl (C=O) groups is 1. The van der Waals surface area contributed by atoms with E-state index in [1.54, 1.807) is 6.07 Å². The molecule has 1 aromatic heterocycles. The van der Waals surface area contributed by atoms with Crippen molar-refractivity contribution >= 4 is 29.3 Å². The molecule has 0 spiro atoms. The van der Waals surface area contributed by atoms with E-state index in [0.29, 0.717) is 22.4 Å². The van der Waals surface area contributed by atoms with Crippen molar-refractivity contribution in [1.29, 1.82) is 0 Å². The first-order chi connectivity index (χ1) is 11.6. The fraction of sp³-hybridized carbons (Fsp3) is 0.353. The Morgan fingerprint density at radius 3 is 2.67 bits per heavy atom. The molecule has 0 bridgehead atoms. The Balaban J connectivity index is 1.83. The fourth-order valence-electron chi connectivity index (χ4n) is 3.46. The van der Waals surface area contributed by atoms with Crippen LogP contribution in [0.15, 0.2) is 29.1 Å². The molecule has 7 heteroatoms. The normalized spacial score (nSPS) is 20.0. The molecule has 6 nitrogen and oxygen atoms in total. The smallest absolute Gasteiger partial charge is 0.258 e. The highest BCUT2D eigenvalue weighted by Crippen LogP contribution is 2.37. The van der Waals surface area contributed by atoms with E-state index >= 15 is 0 Å². The molecule has 0 saturated carbocycles. The lowest BCUT2D eigenvalue weighted by Gasteiger charge is -2.26. The molecule has 124 valence electrons. The molecule has 2 N–H and O–H groups in total. The number of aromatic nitrogens is 2. The minimum atomic E-state index is -0.383. The number of fused-ring (bicyclic) bond motifs is 1. The summed E-state index contributed by atoms with van der Waals surface area (Å²) in [6, 6.07) is 7.30. The summed E-state index contributed by atoms with van der Waals surface area (Å²) in [6.45, 7) is 1.73. The van der Waals surface area contributed by atoms with Gasteiger partial charge in [0.1, 0.15) is 5.82 Å². The van der Waals surface area contributed by atoms with Gasteiger partial charge in [0, 0.05) is 30.5 Å². The average Bonchev–Trinajstić information content (AvgIpc) is 3.08. The topological polar surface area (TPSA) is 78.1 Å². The highest BCUT2D eigenvalue weighted by atomic mass is 35.5. The van der Waals surface area contributed by atoms with Gasteiger partial charge in [0.2, 0.25) is 11.9 Å². The second-order valence-corrected chi connectivity index (χ2v) is 6.58. The molecule has 0 radical (unpaired) electrons. The van der Waals surface area contributed by atoms with Crippen LogP contribution in [0.5, 0.6) is 0 Å². The van der Waals surface area contributed by atoms with Gasteiger partial charge in [-0.25, -0.2) is 0 Å². The lowest BCUT2D eigenvalue weighted by atomic mass is 9.87. The zero-order valence-electron chi connectivity index (χ0n) is 13.0. The molecule has 1 fully saturated rings. The summed E-state index contributed by atoms with van der Waals surface area (Å²) < 4.78 is 0. The predicted octanol–water partition coefficient (Wildman–Crippen LogP) is 2.50. The van der Waals surface area contributed by atoms with Crippen LogP contribution in [0.4, 0.5) is 11.8 Å². The minimum absolute atomic E-state index is 0.155. The molecule has 1 unspecified atom stereocenters. The number of hydrogen-bond acceptors (Lipinski definition) is 4. The second kappa shape index (κ2) is 5.94. The van der Waals surface area contributed by atoms with Crippen LogP contribution in [0.25, 0.3) is 0 Å². The first-order valence-electron chi connectivity index (χ1n) is 8.07. The van der Waals surface area contributed by atoms with Crippen LogP contribution in [-0.4, -0.2) is 29.0 Å². The van der Waals surface area contributed by atoms with Crippen LogP contribution in [-0.2, 0) is 4.79 Å². The molecule has 2 aliphatic heterocycles. The van der Waals surface area contributed by atoms with Gasteiger partial charge in [-0.05, 0) is 24.5 Å². The zero-order valence-corrected chi connectivity index (χ0v) is 13.8. The third-order valence-electron chi connectivity index (χ3n) is 4.62. The maximum Gasteiger partial charge on any atom is 0.258 e. The molecule has 0 aliphatic carbocycles. The molecule has 1 aromatic carbocycles. The molecule has 24 heavy (non-hydrogen) atoms. The molecule has 2 aliphatic rings. The van der Waals surface area contributed by atoms with Crippen molar-refractivity contribution < 1.29 is 4.79 Å². The number of amides is 1. The van der Waals surface area contributed by atoms with E-state index in [1.807, 2.05) is 23.1 Å². The van der Waals surface area contributed by atoms with Gasteiger partial charge in [0.05, 0.1) is 5.56 Å². The summed E-state index contributed by atoms with van der Waals surface area (Å²) in [5, 5.41) is 3.29. The van der Waals surface area contributed by atoms with Crippen LogP contribution in [0.2, 0.25) is 5.02 Å². The van der Waals surface area contributed by atoms with E-state index in [0.717, 1.165) is 31.5 Å². The summed E-state index contributed by atoms with van der Waals surface area (Å²) in [5.41, 5.74) is 1.04. The lowest BCUT2D eigenvalue weighted by molar-refractivity contribution is -0.116. The van der Waals surface area contributed by atoms with Crippen LogP contribution in [0.3, 0.4) is 0 Å². The van der Waals surface area contributed by atoms with Crippen molar-refractivity contribution in [2.24, 2.45) is 0 Å². The zero-order chi connectivity index (χ0) is 16.7. The van der Waals surface area contributed by atoms with E-state index in [-0.39, 0.29) is 23.8 Å². The Labute approximate surface area is 143 Å². The average molecular weight is 345 g/mol. The Kier molecular flexibility index (Phi) is 3.76. The van der Waals surface area contributed by atoms with E-state index in [1.165, 1.54) is 0 Å². The van der Waals surface area contributed by atoms with Crippen molar-refractivity contribution in [3.8, 4) is 0 Å². The Morgan fingerprint density at radius 2 is 1.92 bits per heavy atom. The quantitative estimate of drug-likeness (QED) is 0.877. The molecule has 2 aromatic rings. The molecule has 4 rings (SSSR count). The van der Waals surface area contributed by atoms with Gasteiger partial charge < -0.3 is 10.2 Å². The van der Waals surface area contributed by atoms with Crippen LogP contribution in [0.1, 0.15) is 36.3 Å². The first-order valence-corrected chi connectivity index (χ1v) is 8.44. The third kappa shape index (κ3) is 2.57. The summed E-state index contributed by atoms with van der Waals surface area (Å²) in [5.74, 6) is 0.336. The summed E-state index contributed by atoms with van der Waals surface area (Å²) >= 11 is 6.29. The molecular weight excluding hydrogens is 328 g/mol. The number of aromatic amines is 1. The van der Waals surface area contributed by atoms with Crippen molar-refractivity contribution in [3.05, 3.63) is 50.8 Å². The van der Waals surface area contributed by atoms with Gasteiger partial charge in [0.15, 0.2) is 0 Å². The van der Waals surface area contributed by atoms with E-state index in [9.17, 15) is 9.59 Å². The first kappa shape index (κ1) is 15.2. The van der Waals surface area contributed by atoms with Crippen molar-refractivity contribution in [2.75, 3.05) is 23.3 Å². The van der Waals surface area contributed by atoms with E-state index in [4.69, 9.17) is 11.6 Å².